The number of benzene rings is 1. The van der Waals surface area contributed by atoms with Crippen molar-refractivity contribution < 1.29 is 14.6 Å². The van der Waals surface area contributed by atoms with Gasteiger partial charge in [0.15, 0.2) is 0 Å². The Hall–Kier alpha value is -1.35. The number of aliphatic carboxylic acids is 1. The summed E-state index contributed by atoms with van der Waals surface area (Å²) in [5.41, 5.74) is 0.600. The lowest BCUT2D eigenvalue weighted by atomic mass is 9.75. The van der Waals surface area contributed by atoms with Crippen LogP contribution in [0.4, 0.5) is 0 Å². The number of ether oxygens (including phenoxy) is 1. The van der Waals surface area contributed by atoms with Gasteiger partial charge in [0.1, 0.15) is 0 Å². The van der Waals surface area contributed by atoms with Crippen molar-refractivity contribution >= 4 is 5.97 Å². The predicted octanol–water partition coefficient (Wildman–Crippen LogP) is 2.67. The highest BCUT2D eigenvalue weighted by Gasteiger charge is 2.62. The average Bonchev–Trinajstić information content (AvgIpc) is 3.08. The van der Waals surface area contributed by atoms with Crippen LogP contribution >= 0.6 is 0 Å². The molecule has 1 saturated heterocycles. The molecule has 0 aromatic heterocycles. The molecule has 0 spiro atoms. The van der Waals surface area contributed by atoms with E-state index in [4.69, 9.17) is 4.74 Å². The first-order valence-electron chi connectivity index (χ1n) is 6.56. The topological polar surface area (TPSA) is 46.5 Å². The van der Waals surface area contributed by atoms with E-state index in [0.29, 0.717) is 18.9 Å². The number of hydrogen-bond donors (Lipinski definition) is 1. The van der Waals surface area contributed by atoms with Crippen LogP contribution in [0.15, 0.2) is 30.3 Å². The van der Waals surface area contributed by atoms with Crippen LogP contribution in [0.1, 0.15) is 31.2 Å². The third-order valence-electron chi connectivity index (χ3n) is 4.69. The summed E-state index contributed by atoms with van der Waals surface area (Å²) in [6.07, 6.45) is 1.45. The Morgan fingerprint density at radius 1 is 1.39 bits per heavy atom. The first-order valence-corrected chi connectivity index (χ1v) is 6.56. The fourth-order valence-corrected chi connectivity index (χ4v) is 3.52. The van der Waals surface area contributed by atoms with Gasteiger partial charge in [0.25, 0.3) is 0 Å². The van der Waals surface area contributed by atoms with Gasteiger partial charge in [-0.1, -0.05) is 30.3 Å². The second kappa shape index (κ2) is 4.09. The molecule has 4 unspecified atom stereocenters. The molecular weight excluding hydrogens is 228 g/mol. The van der Waals surface area contributed by atoms with Crippen molar-refractivity contribution in [1.82, 2.24) is 0 Å². The molecule has 1 aromatic rings. The normalized spacial score (nSPS) is 38.6. The van der Waals surface area contributed by atoms with Crippen molar-refractivity contribution in [3.63, 3.8) is 0 Å². The molecule has 1 heterocycles. The van der Waals surface area contributed by atoms with Crippen LogP contribution in [-0.4, -0.2) is 23.8 Å². The molecule has 0 amide bonds. The summed E-state index contributed by atoms with van der Waals surface area (Å²) in [6.45, 7) is 2.48. The fraction of sp³-hybridized carbons (Fsp3) is 0.533. The van der Waals surface area contributed by atoms with E-state index in [9.17, 15) is 9.90 Å². The largest absolute Gasteiger partial charge is 0.481 e. The highest BCUT2D eigenvalue weighted by molar-refractivity contribution is 5.77. The predicted molar refractivity (Wildman–Crippen MR) is 67.4 cm³/mol. The van der Waals surface area contributed by atoms with E-state index in [-0.39, 0.29) is 12.0 Å². The quantitative estimate of drug-likeness (QED) is 0.892. The monoisotopic (exact) mass is 246 g/mol. The molecule has 0 radical (unpaired) electrons. The van der Waals surface area contributed by atoms with Crippen LogP contribution in [0.25, 0.3) is 0 Å². The number of carbonyl (C=O) groups is 1. The van der Waals surface area contributed by atoms with E-state index in [2.05, 4.69) is 12.1 Å². The van der Waals surface area contributed by atoms with Crippen molar-refractivity contribution in [2.24, 2.45) is 11.3 Å². The lowest BCUT2D eigenvalue weighted by Crippen LogP contribution is -2.40. The molecule has 2 aliphatic rings. The first-order chi connectivity index (χ1) is 8.66. The molecule has 1 aliphatic heterocycles. The molecular formula is C15H18O3. The van der Waals surface area contributed by atoms with E-state index in [1.165, 1.54) is 5.56 Å². The molecule has 2 fully saturated rings. The molecule has 3 heteroatoms. The molecule has 96 valence electrons. The van der Waals surface area contributed by atoms with Crippen LogP contribution in [0.3, 0.4) is 0 Å². The van der Waals surface area contributed by atoms with Crippen molar-refractivity contribution in [2.75, 3.05) is 6.61 Å². The van der Waals surface area contributed by atoms with E-state index in [1.54, 1.807) is 0 Å². The zero-order valence-corrected chi connectivity index (χ0v) is 10.5. The maximum absolute atomic E-state index is 11.7. The lowest BCUT2D eigenvalue weighted by molar-refractivity contribution is -0.153. The second-order valence-electron chi connectivity index (χ2n) is 5.47. The van der Waals surface area contributed by atoms with Crippen molar-refractivity contribution in [3.8, 4) is 0 Å². The Labute approximate surface area is 107 Å². The molecule has 4 atom stereocenters. The Kier molecular flexibility index (Phi) is 2.67. The van der Waals surface area contributed by atoms with Crippen LogP contribution in [0, 0.1) is 11.3 Å². The molecule has 1 aromatic carbocycles. The minimum atomic E-state index is -0.684. The van der Waals surface area contributed by atoms with Crippen molar-refractivity contribution in [2.45, 2.75) is 31.8 Å². The van der Waals surface area contributed by atoms with Crippen LogP contribution in [0.2, 0.25) is 0 Å². The Balaban J connectivity index is 1.86. The molecule has 1 saturated carbocycles. The van der Waals surface area contributed by atoms with Crippen molar-refractivity contribution in [1.29, 1.82) is 0 Å². The fourth-order valence-electron chi connectivity index (χ4n) is 3.52. The Morgan fingerprint density at radius 3 is 2.67 bits per heavy atom. The third kappa shape index (κ3) is 1.57. The molecule has 18 heavy (non-hydrogen) atoms. The highest BCUT2D eigenvalue weighted by atomic mass is 16.5. The van der Waals surface area contributed by atoms with Gasteiger partial charge in [0.05, 0.1) is 11.5 Å². The number of rotatable bonds is 3. The summed E-state index contributed by atoms with van der Waals surface area (Å²) in [5.74, 6) is -0.0581. The summed E-state index contributed by atoms with van der Waals surface area (Å²) in [4.78, 5) is 11.7. The standard InChI is InChI=1S/C15H18O3/c1-10-15(14(16)17,7-8-18-10)13-9-12(13)11-5-3-2-4-6-11/h2-6,10,12-13H,7-9H2,1H3,(H,16,17). The van der Waals surface area contributed by atoms with Crippen LogP contribution in [0.5, 0.6) is 0 Å². The van der Waals surface area contributed by atoms with Gasteiger partial charge in [0, 0.05) is 6.61 Å². The Morgan fingerprint density at radius 2 is 2.11 bits per heavy atom. The molecule has 3 rings (SSSR count). The minimum Gasteiger partial charge on any atom is -0.481 e. The average molecular weight is 246 g/mol. The van der Waals surface area contributed by atoms with Crippen molar-refractivity contribution in [3.05, 3.63) is 35.9 Å². The smallest absolute Gasteiger partial charge is 0.312 e. The highest BCUT2D eigenvalue weighted by Crippen LogP contribution is 2.61. The zero-order valence-electron chi connectivity index (χ0n) is 10.5. The number of carboxylic acid groups (broad SMARTS) is 1. The third-order valence-corrected chi connectivity index (χ3v) is 4.69. The molecule has 1 N–H and O–H groups in total. The second-order valence-corrected chi connectivity index (χ2v) is 5.47. The lowest BCUT2D eigenvalue weighted by Gasteiger charge is -2.28. The first kappa shape index (κ1) is 11.7. The van der Waals surface area contributed by atoms with E-state index >= 15 is 0 Å². The van der Waals surface area contributed by atoms with Crippen LogP contribution in [-0.2, 0) is 9.53 Å². The summed E-state index contributed by atoms with van der Waals surface area (Å²) < 4.78 is 5.53. The summed E-state index contributed by atoms with van der Waals surface area (Å²) >= 11 is 0. The van der Waals surface area contributed by atoms with Gasteiger partial charge in [-0.25, -0.2) is 0 Å². The zero-order chi connectivity index (χ0) is 12.8. The van der Waals surface area contributed by atoms with Gasteiger partial charge in [-0.15, -0.1) is 0 Å². The molecule has 1 aliphatic carbocycles. The maximum Gasteiger partial charge on any atom is 0.312 e. The van der Waals surface area contributed by atoms with Gasteiger partial charge >= 0.3 is 5.97 Å². The summed E-state index contributed by atoms with van der Waals surface area (Å²) in [6, 6.07) is 10.2. The van der Waals surface area contributed by atoms with E-state index in [1.807, 2.05) is 25.1 Å². The van der Waals surface area contributed by atoms with Crippen LogP contribution < -0.4 is 0 Å². The summed E-state index contributed by atoms with van der Waals surface area (Å²) in [7, 11) is 0. The number of carboxylic acids is 1. The molecule has 3 nitrogen and oxygen atoms in total. The number of hydrogen-bond acceptors (Lipinski definition) is 2. The van der Waals surface area contributed by atoms with Gasteiger partial charge in [-0.3, -0.25) is 4.79 Å². The van der Waals surface area contributed by atoms with E-state index in [0.717, 1.165) is 6.42 Å². The summed E-state index contributed by atoms with van der Waals surface area (Å²) in [5, 5.41) is 9.63. The van der Waals surface area contributed by atoms with Gasteiger partial charge in [-0.05, 0) is 37.2 Å². The maximum atomic E-state index is 11.7. The van der Waals surface area contributed by atoms with Gasteiger partial charge in [-0.2, -0.15) is 0 Å². The SMILES string of the molecule is CC1OCCC1(C(=O)O)C1CC1c1ccccc1. The van der Waals surface area contributed by atoms with E-state index < -0.39 is 11.4 Å². The van der Waals surface area contributed by atoms with Gasteiger partial charge < -0.3 is 9.84 Å². The Bertz CT molecular complexity index is 456. The minimum absolute atomic E-state index is 0.172. The van der Waals surface area contributed by atoms with Gasteiger partial charge in [0.2, 0.25) is 0 Å². The molecule has 0 bridgehead atoms.